The van der Waals surface area contributed by atoms with Crippen LogP contribution in [0.5, 0.6) is 0 Å². The molecule has 2 aromatic carbocycles. The Balaban J connectivity index is 1.94. The molecule has 0 aliphatic carbocycles. The summed E-state index contributed by atoms with van der Waals surface area (Å²) in [6, 6.07) is 18.3. The van der Waals surface area contributed by atoms with Crippen molar-refractivity contribution in [2.45, 2.75) is 20.8 Å². The fourth-order valence-corrected chi connectivity index (χ4v) is 2.81. The van der Waals surface area contributed by atoms with E-state index in [2.05, 4.69) is 48.5 Å². The Hall–Kier alpha value is -2.32. The molecule has 3 aromatic rings. The summed E-state index contributed by atoms with van der Waals surface area (Å²) in [5.74, 6) is 0. The lowest BCUT2D eigenvalue weighted by Gasteiger charge is -2.09. The average Bonchev–Trinajstić information content (AvgIpc) is 2.82. The first-order valence-electron chi connectivity index (χ1n) is 7.60. The fourth-order valence-electron chi connectivity index (χ4n) is 2.68. The third-order valence-electron chi connectivity index (χ3n) is 3.94. The first kappa shape index (κ1) is 15.6. The number of aryl methyl sites for hydroxylation is 2. The van der Waals surface area contributed by atoms with Crippen molar-refractivity contribution in [1.82, 2.24) is 4.57 Å². The zero-order valence-corrected chi connectivity index (χ0v) is 14.3. The molecule has 2 nitrogen and oxygen atoms in total. The second-order valence-corrected chi connectivity index (χ2v) is 6.17. The van der Waals surface area contributed by atoms with Gasteiger partial charge in [-0.05, 0) is 63.2 Å². The molecule has 0 radical (unpaired) electrons. The molecule has 0 fully saturated rings. The third-order valence-corrected chi connectivity index (χ3v) is 4.19. The molecule has 0 amide bonds. The number of nitrogens with zero attached hydrogens (tertiary/aromatic N) is 2. The minimum absolute atomic E-state index is 0.748. The van der Waals surface area contributed by atoms with Crippen LogP contribution < -0.4 is 0 Å². The van der Waals surface area contributed by atoms with Crippen LogP contribution in [0.3, 0.4) is 0 Å². The van der Waals surface area contributed by atoms with E-state index in [-0.39, 0.29) is 0 Å². The van der Waals surface area contributed by atoms with Gasteiger partial charge in [-0.3, -0.25) is 4.99 Å². The Morgan fingerprint density at radius 3 is 2.22 bits per heavy atom. The van der Waals surface area contributed by atoms with Gasteiger partial charge in [0.15, 0.2) is 0 Å². The molecule has 3 rings (SSSR count). The maximum absolute atomic E-state index is 5.98. The van der Waals surface area contributed by atoms with E-state index < -0.39 is 0 Å². The summed E-state index contributed by atoms with van der Waals surface area (Å²) in [7, 11) is 0. The topological polar surface area (TPSA) is 17.3 Å². The van der Waals surface area contributed by atoms with Gasteiger partial charge in [0.05, 0.1) is 5.69 Å². The predicted molar refractivity (Wildman–Crippen MR) is 98.7 cm³/mol. The van der Waals surface area contributed by atoms with Crippen molar-refractivity contribution in [2.24, 2.45) is 4.99 Å². The van der Waals surface area contributed by atoms with Crippen LogP contribution in [-0.2, 0) is 0 Å². The molecule has 23 heavy (non-hydrogen) atoms. The highest BCUT2D eigenvalue weighted by Crippen LogP contribution is 2.22. The number of halogens is 1. The van der Waals surface area contributed by atoms with Gasteiger partial charge in [0.25, 0.3) is 0 Å². The Morgan fingerprint density at radius 1 is 0.913 bits per heavy atom. The largest absolute Gasteiger partial charge is 0.318 e. The molecule has 0 aliphatic rings. The number of rotatable bonds is 3. The predicted octanol–water partition coefficient (Wildman–Crippen LogP) is 5.81. The molecule has 0 unspecified atom stereocenters. The Morgan fingerprint density at radius 2 is 1.57 bits per heavy atom. The van der Waals surface area contributed by atoms with Gasteiger partial charge in [0.1, 0.15) is 0 Å². The van der Waals surface area contributed by atoms with Crippen LogP contribution in [0, 0.1) is 20.8 Å². The van der Waals surface area contributed by atoms with Crippen molar-refractivity contribution >= 4 is 23.5 Å². The molecular formula is C20H19ClN2. The summed E-state index contributed by atoms with van der Waals surface area (Å²) in [6.45, 7) is 6.29. The first-order valence-corrected chi connectivity index (χ1v) is 7.98. The smallest absolute Gasteiger partial charge is 0.0630 e. The van der Waals surface area contributed by atoms with E-state index in [0.29, 0.717) is 0 Å². The molecule has 0 saturated carbocycles. The zero-order chi connectivity index (χ0) is 16.4. The summed E-state index contributed by atoms with van der Waals surface area (Å²) >= 11 is 5.98. The molecule has 116 valence electrons. The summed E-state index contributed by atoms with van der Waals surface area (Å²) < 4.78 is 2.22. The van der Waals surface area contributed by atoms with Crippen molar-refractivity contribution in [3.8, 4) is 5.69 Å². The Kier molecular flexibility index (Phi) is 4.35. The van der Waals surface area contributed by atoms with Crippen LogP contribution in [0.2, 0.25) is 5.02 Å². The maximum atomic E-state index is 5.98. The van der Waals surface area contributed by atoms with Crippen LogP contribution in [0.25, 0.3) is 5.69 Å². The van der Waals surface area contributed by atoms with E-state index in [0.717, 1.165) is 22.0 Å². The van der Waals surface area contributed by atoms with Crippen LogP contribution in [0.1, 0.15) is 22.5 Å². The number of benzene rings is 2. The molecule has 3 heteroatoms. The molecule has 1 aromatic heterocycles. The van der Waals surface area contributed by atoms with E-state index in [1.54, 1.807) is 0 Å². The van der Waals surface area contributed by atoms with Crippen LogP contribution >= 0.6 is 11.6 Å². The summed E-state index contributed by atoms with van der Waals surface area (Å²) in [6.07, 6.45) is 1.93. The first-order chi connectivity index (χ1) is 11.0. The molecule has 0 saturated heterocycles. The second-order valence-electron chi connectivity index (χ2n) is 5.73. The van der Waals surface area contributed by atoms with Crippen LogP contribution in [-0.4, -0.2) is 10.8 Å². The van der Waals surface area contributed by atoms with Crippen molar-refractivity contribution in [1.29, 1.82) is 0 Å². The molecule has 0 atom stereocenters. The van der Waals surface area contributed by atoms with E-state index in [1.807, 2.05) is 42.6 Å². The van der Waals surface area contributed by atoms with E-state index in [1.165, 1.54) is 17.0 Å². The van der Waals surface area contributed by atoms with Gasteiger partial charge in [0.2, 0.25) is 0 Å². The Bertz CT molecular complexity index is 841. The maximum Gasteiger partial charge on any atom is 0.0630 e. The number of hydrogen-bond donors (Lipinski definition) is 0. The highest BCUT2D eigenvalue weighted by molar-refractivity contribution is 6.30. The summed E-state index contributed by atoms with van der Waals surface area (Å²) in [4.78, 5) is 4.58. The van der Waals surface area contributed by atoms with Gasteiger partial charge < -0.3 is 4.57 Å². The van der Waals surface area contributed by atoms with Crippen molar-refractivity contribution in [2.75, 3.05) is 0 Å². The fraction of sp³-hybridized carbons (Fsp3) is 0.150. The second kappa shape index (κ2) is 6.43. The van der Waals surface area contributed by atoms with Crippen molar-refractivity contribution in [3.05, 3.63) is 82.1 Å². The van der Waals surface area contributed by atoms with Gasteiger partial charge in [-0.1, -0.05) is 29.3 Å². The lowest BCUT2D eigenvalue weighted by Crippen LogP contribution is -1.99. The monoisotopic (exact) mass is 322 g/mol. The third kappa shape index (κ3) is 3.38. The summed E-state index contributed by atoms with van der Waals surface area (Å²) in [5, 5.41) is 0.748. The van der Waals surface area contributed by atoms with Crippen LogP contribution in [0.4, 0.5) is 5.69 Å². The zero-order valence-electron chi connectivity index (χ0n) is 13.5. The standard InChI is InChI=1S/C20H19ClN2/c1-14-4-8-19(9-5-14)22-13-17-12-15(2)23(16(17)3)20-10-6-18(21)7-11-20/h4-13H,1-3H3. The van der Waals surface area contributed by atoms with E-state index in [4.69, 9.17) is 11.6 Å². The molecular weight excluding hydrogens is 304 g/mol. The minimum Gasteiger partial charge on any atom is -0.318 e. The molecule has 1 heterocycles. The van der Waals surface area contributed by atoms with Crippen LogP contribution in [0.15, 0.2) is 59.6 Å². The molecule has 0 bridgehead atoms. The average molecular weight is 323 g/mol. The molecule has 0 spiro atoms. The van der Waals surface area contributed by atoms with E-state index in [9.17, 15) is 0 Å². The SMILES string of the molecule is Cc1ccc(N=Cc2cc(C)n(-c3ccc(Cl)cc3)c2C)cc1. The van der Waals surface area contributed by atoms with Gasteiger partial charge in [-0.15, -0.1) is 0 Å². The van der Waals surface area contributed by atoms with Gasteiger partial charge in [-0.2, -0.15) is 0 Å². The summed E-state index contributed by atoms with van der Waals surface area (Å²) in [5.41, 5.74) is 6.78. The Labute approximate surface area is 142 Å². The lowest BCUT2D eigenvalue weighted by molar-refractivity contribution is 0.965. The lowest BCUT2D eigenvalue weighted by atomic mass is 10.2. The van der Waals surface area contributed by atoms with E-state index >= 15 is 0 Å². The van der Waals surface area contributed by atoms with Gasteiger partial charge >= 0.3 is 0 Å². The quantitative estimate of drug-likeness (QED) is 0.542. The molecule has 0 N–H and O–H groups in total. The molecule has 0 aliphatic heterocycles. The highest BCUT2D eigenvalue weighted by Gasteiger charge is 2.09. The minimum atomic E-state index is 0.748. The number of aromatic nitrogens is 1. The van der Waals surface area contributed by atoms with Crippen molar-refractivity contribution < 1.29 is 0 Å². The number of hydrogen-bond acceptors (Lipinski definition) is 1. The van der Waals surface area contributed by atoms with Gasteiger partial charge in [0, 0.05) is 33.9 Å². The number of aliphatic imine (C=N–C) groups is 1. The highest BCUT2D eigenvalue weighted by atomic mass is 35.5. The van der Waals surface area contributed by atoms with Crippen molar-refractivity contribution in [3.63, 3.8) is 0 Å². The normalized spacial score (nSPS) is 11.3. The van der Waals surface area contributed by atoms with Gasteiger partial charge in [-0.25, -0.2) is 0 Å².